The van der Waals surface area contributed by atoms with E-state index < -0.39 is 0 Å². The van der Waals surface area contributed by atoms with Crippen LogP contribution in [-0.4, -0.2) is 11.4 Å². The second-order valence-corrected chi connectivity index (χ2v) is 5.69. The molecule has 0 aliphatic carbocycles. The fraction of sp³-hybridized carbons (Fsp3) is 0.727. The van der Waals surface area contributed by atoms with Crippen LogP contribution >= 0.6 is 15.9 Å². The smallest absolute Gasteiger partial charge is 0.297 e. The summed E-state index contributed by atoms with van der Waals surface area (Å²) >= 11 is 2.90. The Kier molecular flexibility index (Phi) is 4.67. The van der Waals surface area contributed by atoms with Crippen molar-refractivity contribution < 1.29 is 4.79 Å². The maximum absolute atomic E-state index is 11.2. The number of amides is 1. The van der Waals surface area contributed by atoms with Gasteiger partial charge in [0.25, 0.3) is 5.91 Å². The first-order valence-corrected chi connectivity index (χ1v) is 5.39. The van der Waals surface area contributed by atoms with Crippen LogP contribution < -0.4 is 5.32 Å². The third-order valence-corrected chi connectivity index (χ3v) is 1.78. The summed E-state index contributed by atoms with van der Waals surface area (Å²) in [7, 11) is 0. The zero-order valence-electron chi connectivity index (χ0n) is 9.49. The highest BCUT2D eigenvalue weighted by atomic mass is 79.9. The molecule has 0 aromatic heterocycles. The van der Waals surface area contributed by atoms with Crippen molar-refractivity contribution in [3.8, 4) is 10.8 Å². The molecule has 2 nitrogen and oxygen atoms in total. The Morgan fingerprint density at radius 3 is 2.14 bits per heavy atom. The second kappa shape index (κ2) is 4.84. The average molecular weight is 260 g/mol. The van der Waals surface area contributed by atoms with Crippen molar-refractivity contribution in [3.05, 3.63) is 0 Å². The van der Waals surface area contributed by atoms with Gasteiger partial charge < -0.3 is 5.32 Å². The zero-order chi connectivity index (χ0) is 11.4. The quantitative estimate of drug-likeness (QED) is 0.760. The normalized spacial score (nSPS) is 11.6. The average Bonchev–Trinajstić information content (AvgIpc) is 1.78. The van der Waals surface area contributed by atoms with E-state index in [1.165, 1.54) is 0 Å². The van der Waals surface area contributed by atoms with E-state index in [4.69, 9.17) is 0 Å². The molecule has 1 N–H and O–H groups in total. The van der Waals surface area contributed by atoms with E-state index in [9.17, 15) is 4.79 Å². The molecule has 0 fully saturated rings. The van der Waals surface area contributed by atoms with Crippen molar-refractivity contribution in [2.75, 3.05) is 0 Å². The molecular formula is C11H18BrNO. The second-order valence-electron chi connectivity index (χ2n) is 5.29. The summed E-state index contributed by atoms with van der Waals surface area (Å²) in [4.78, 5) is 13.6. The van der Waals surface area contributed by atoms with Gasteiger partial charge in [-0.15, -0.1) is 0 Å². The highest BCUT2D eigenvalue weighted by Crippen LogP contribution is 2.26. The standard InChI is InChI=1S/C11H18BrNO/c1-10(2,3)8-11(4,5)13-9(14)6-7-12/h8H2,1-5H3,(H,13,14). The largest absolute Gasteiger partial charge is 0.340 e. The summed E-state index contributed by atoms with van der Waals surface area (Å²) in [5.41, 5.74) is -0.0230. The number of hydrogen-bond donors (Lipinski definition) is 1. The van der Waals surface area contributed by atoms with E-state index in [2.05, 4.69) is 52.8 Å². The number of carbonyl (C=O) groups is 1. The number of carbonyl (C=O) groups excluding carboxylic acids is 1. The van der Waals surface area contributed by atoms with E-state index in [-0.39, 0.29) is 16.9 Å². The Morgan fingerprint density at radius 1 is 1.29 bits per heavy atom. The third kappa shape index (κ3) is 6.97. The van der Waals surface area contributed by atoms with Crippen LogP contribution in [-0.2, 0) is 4.79 Å². The molecule has 0 unspecified atom stereocenters. The number of hydrogen-bond acceptors (Lipinski definition) is 1. The Labute approximate surface area is 95.0 Å². The van der Waals surface area contributed by atoms with Crippen LogP contribution in [0.2, 0.25) is 0 Å². The first-order valence-electron chi connectivity index (χ1n) is 4.60. The maximum atomic E-state index is 11.2. The number of halogens is 1. The lowest BCUT2D eigenvalue weighted by Gasteiger charge is -2.32. The van der Waals surface area contributed by atoms with Gasteiger partial charge in [-0.05, 0) is 30.5 Å². The molecule has 0 atom stereocenters. The lowest BCUT2D eigenvalue weighted by molar-refractivity contribution is -0.117. The molecule has 0 aliphatic heterocycles. The van der Waals surface area contributed by atoms with Gasteiger partial charge in [0, 0.05) is 27.4 Å². The highest BCUT2D eigenvalue weighted by Gasteiger charge is 2.26. The van der Waals surface area contributed by atoms with Gasteiger partial charge in [0.15, 0.2) is 0 Å². The zero-order valence-corrected chi connectivity index (χ0v) is 11.1. The summed E-state index contributed by atoms with van der Waals surface area (Å²) in [5, 5.41) is 2.87. The molecule has 80 valence electrons. The number of rotatable bonds is 2. The molecule has 0 saturated carbocycles. The Hall–Kier alpha value is -0.490. The molecule has 0 bridgehead atoms. The first-order chi connectivity index (χ1) is 6.16. The van der Waals surface area contributed by atoms with Gasteiger partial charge in [0.05, 0.1) is 0 Å². The fourth-order valence-corrected chi connectivity index (χ4v) is 1.93. The number of nitrogens with one attached hydrogen (secondary N) is 1. The van der Waals surface area contributed by atoms with Crippen LogP contribution in [0.25, 0.3) is 0 Å². The van der Waals surface area contributed by atoms with Crippen LogP contribution in [0.1, 0.15) is 41.0 Å². The molecule has 0 saturated heterocycles. The molecule has 0 spiro atoms. The summed E-state index contributed by atoms with van der Waals surface area (Å²) in [6.07, 6.45) is 0.912. The predicted molar refractivity (Wildman–Crippen MR) is 63.0 cm³/mol. The Bertz CT molecular complexity index is 265. The molecular weight excluding hydrogens is 242 g/mol. The molecule has 0 aliphatic rings. The lowest BCUT2D eigenvalue weighted by Crippen LogP contribution is -2.45. The topological polar surface area (TPSA) is 29.1 Å². The van der Waals surface area contributed by atoms with Gasteiger partial charge in [0.2, 0.25) is 0 Å². The van der Waals surface area contributed by atoms with Crippen LogP contribution in [0.5, 0.6) is 0 Å². The molecule has 0 aromatic rings. The van der Waals surface area contributed by atoms with Crippen LogP contribution in [0.3, 0.4) is 0 Å². The van der Waals surface area contributed by atoms with Crippen molar-refractivity contribution >= 4 is 21.8 Å². The molecule has 0 radical (unpaired) electrons. The fourth-order valence-electron chi connectivity index (χ4n) is 1.75. The van der Waals surface area contributed by atoms with Crippen LogP contribution in [0.15, 0.2) is 0 Å². The van der Waals surface area contributed by atoms with Crippen molar-refractivity contribution in [1.82, 2.24) is 5.32 Å². The van der Waals surface area contributed by atoms with Gasteiger partial charge in [-0.25, -0.2) is 0 Å². The summed E-state index contributed by atoms with van der Waals surface area (Å²) in [6, 6.07) is 0. The van der Waals surface area contributed by atoms with Crippen molar-refractivity contribution in [2.45, 2.75) is 46.6 Å². The van der Waals surface area contributed by atoms with Gasteiger partial charge in [-0.3, -0.25) is 4.79 Å². The SMILES string of the molecule is CC(C)(C)CC(C)(C)NC(=O)C#CBr. The predicted octanol–water partition coefficient (Wildman–Crippen LogP) is 2.67. The van der Waals surface area contributed by atoms with E-state index >= 15 is 0 Å². The highest BCUT2D eigenvalue weighted by molar-refractivity contribution is 9.12. The minimum atomic E-state index is -0.240. The van der Waals surface area contributed by atoms with E-state index in [0.29, 0.717) is 0 Å². The van der Waals surface area contributed by atoms with Crippen molar-refractivity contribution in [3.63, 3.8) is 0 Å². The third-order valence-electron chi connectivity index (χ3n) is 1.58. The Balaban J connectivity index is 4.32. The monoisotopic (exact) mass is 259 g/mol. The van der Waals surface area contributed by atoms with Gasteiger partial charge >= 0.3 is 0 Å². The van der Waals surface area contributed by atoms with E-state index in [1.807, 2.05) is 13.8 Å². The molecule has 0 aromatic carbocycles. The molecule has 3 heteroatoms. The Morgan fingerprint density at radius 2 is 1.79 bits per heavy atom. The van der Waals surface area contributed by atoms with Gasteiger partial charge in [0.1, 0.15) is 0 Å². The summed E-state index contributed by atoms with van der Waals surface area (Å²) < 4.78 is 0. The molecule has 0 heterocycles. The maximum Gasteiger partial charge on any atom is 0.297 e. The van der Waals surface area contributed by atoms with Gasteiger partial charge in [-0.2, -0.15) is 0 Å². The molecule has 0 rings (SSSR count). The summed E-state index contributed by atoms with van der Waals surface area (Å²) in [5.74, 6) is 2.16. The van der Waals surface area contributed by atoms with E-state index in [0.717, 1.165) is 6.42 Å². The van der Waals surface area contributed by atoms with Crippen molar-refractivity contribution in [1.29, 1.82) is 0 Å². The lowest BCUT2D eigenvalue weighted by atomic mass is 9.82. The summed E-state index contributed by atoms with van der Waals surface area (Å²) in [6.45, 7) is 10.5. The van der Waals surface area contributed by atoms with Gasteiger partial charge in [-0.1, -0.05) is 20.8 Å². The first kappa shape index (κ1) is 13.5. The van der Waals surface area contributed by atoms with Crippen molar-refractivity contribution in [2.24, 2.45) is 5.41 Å². The van der Waals surface area contributed by atoms with Crippen LogP contribution in [0.4, 0.5) is 0 Å². The minimum Gasteiger partial charge on any atom is -0.340 e. The van der Waals surface area contributed by atoms with E-state index in [1.54, 1.807) is 0 Å². The molecule has 14 heavy (non-hydrogen) atoms. The minimum absolute atomic E-state index is 0.193. The molecule has 1 amide bonds. The van der Waals surface area contributed by atoms with Crippen LogP contribution in [0, 0.1) is 16.2 Å².